The first-order valence-electron chi connectivity index (χ1n) is 6.17. The molecule has 0 aliphatic rings. The number of thioether (sulfide) groups is 1. The summed E-state index contributed by atoms with van der Waals surface area (Å²) < 4.78 is 1.81. The summed E-state index contributed by atoms with van der Waals surface area (Å²) in [5, 5.41) is 5.25. The molecule has 3 nitrogen and oxygen atoms in total. The molecule has 0 spiro atoms. The fourth-order valence-corrected chi connectivity index (χ4v) is 3.44. The normalized spacial score (nSPS) is 14.3. The van der Waals surface area contributed by atoms with Crippen LogP contribution >= 0.6 is 23.4 Å². The second-order valence-corrected chi connectivity index (χ2v) is 6.17. The SMILES string of the molecule is CC(N)C(SCc1ccccc1Cl)c1cnn(C)c1. The van der Waals surface area contributed by atoms with Gasteiger partial charge in [-0.05, 0) is 18.6 Å². The van der Waals surface area contributed by atoms with Gasteiger partial charge in [-0.1, -0.05) is 29.8 Å². The lowest BCUT2D eigenvalue weighted by Gasteiger charge is -2.19. The lowest BCUT2D eigenvalue weighted by molar-refractivity contribution is 0.718. The van der Waals surface area contributed by atoms with E-state index in [4.69, 9.17) is 17.3 Å². The molecule has 0 aliphatic heterocycles. The Morgan fingerprint density at radius 1 is 1.42 bits per heavy atom. The highest BCUT2D eigenvalue weighted by Crippen LogP contribution is 2.34. The molecule has 0 saturated heterocycles. The van der Waals surface area contributed by atoms with Gasteiger partial charge in [-0.2, -0.15) is 5.10 Å². The van der Waals surface area contributed by atoms with E-state index in [1.165, 1.54) is 0 Å². The van der Waals surface area contributed by atoms with Crippen molar-refractivity contribution < 1.29 is 0 Å². The largest absolute Gasteiger partial charge is 0.327 e. The van der Waals surface area contributed by atoms with Crippen molar-refractivity contribution in [3.05, 3.63) is 52.8 Å². The molecule has 0 bridgehead atoms. The van der Waals surface area contributed by atoms with E-state index >= 15 is 0 Å². The molecule has 0 fully saturated rings. The first kappa shape index (κ1) is 14.4. The Morgan fingerprint density at radius 2 is 2.16 bits per heavy atom. The van der Waals surface area contributed by atoms with Crippen LogP contribution in [0.15, 0.2) is 36.7 Å². The van der Waals surface area contributed by atoms with Crippen LogP contribution in [-0.4, -0.2) is 15.8 Å². The van der Waals surface area contributed by atoms with Crippen molar-refractivity contribution in [2.45, 2.75) is 24.0 Å². The molecule has 5 heteroatoms. The fourth-order valence-electron chi connectivity index (χ4n) is 1.93. The van der Waals surface area contributed by atoms with Crippen LogP contribution in [0.3, 0.4) is 0 Å². The van der Waals surface area contributed by atoms with E-state index in [1.54, 1.807) is 16.4 Å². The lowest BCUT2D eigenvalue weighted by Crippen LogP contribution is -2.22. The quantitative estimate of drug-likeness (QED) is 0.919. The van der Waals surface area contributed by atoms with Gasteiger partial charge in [0.15, 0.2) is 0 Å². The first-order valence-corrected chi connectivity index (χ1v) is 7.59. The van der Waals surface area contributed by atoms with Gasteiger partial charge in [0.05, 0.1) is 6.20 Å². The van der Waals surface area contributed by atoms with E-state index in [0.29, 0.717) is 0 Å². The van der Waals surface area contributed by atoms with Crippen molar-refractivity contribution in [2.75, 3.05) is 0 Å². The standard InChI is InChI=1S/C14H18ClN3S/c1-10(16)14(12-7-17-18(2)8-12)19-9-11-5-3-4-6-13(11)15/h3-8,10,14H,9,16H2,1-2H3. The Morgan fingerprint density at radius 3 is 2.74 bits per heavy atom. The fraction of sp³-hybridized carbons (Fsp3) is 0.357. The third-order valence-electron chi connectivity index (χ3n) is 2.91. The summed E-state index contributed by atoms with van der Waals surface area (Å²) >= 11 is 7.98. The minimum atomic E-state index is 0.0664. The van der Waals surface area contributed by atoms with E-state index < -0.39 is 0 Å². The Bertz CT molecular complexity index is 539. The van der Waals surface area contributed by atoms with Gasteiger partial charge in [-0.3, -0.25) is 4.68 Å². The number of nitrogens with two attached hydrogens (primary N) is 1. The number of hydrogen-bond acceptors (Lipinski definition) is 3. The summed E-state index contributed by atoms with van der Waals surface area (Å²) in [4.78, 5) is 0. The molecular weight excluding hydrogens is 278 g/mol. The van der Waals surface area contributed by atoms with Crippen LogP contribution in [0, 0.1) is 0 Å². The second-order valence-electron chi connectivity index (χ2n) is 4.63. The average Bonchev–Trinajstić information content (AvgIpc) is 2.78. The lowest BCUT2D eigenvalue weighted by atomic mass is 10.1. The summed E-state index contributed by atoms with van der Waals surface area (Å²) in [6, 6.07) is 7.99. The van der Waals surface area contributed by atoms with E-state index in [2.05, 4.69) is 11.2 Å². The number of aryl methyl sites for hydroxylation is 1. The van der Waals surface area contributed by atoms with Crippen LogP contribution < -0.4 is 5.73 Å². The zero-order valence-corrected chi connectivity index (χ0v) is 12.7. The Hall–Kier alpha value is -0.970. The summed E-state index contributed by atoms with van der Waals surface area (Å²) in [6.07, 6.45) is 3.90. The van der Waals surface area contributed by atoms with Crippen LogP contribution in [0.5, 0.6) is 0 Å². The van der Waals surface area contributed by atoms with Gasteiger partial charge in [0.2, 0.25) is 0 Å². The zero-order chi connectivity index (χ0) is 13.8. The molecule has 0 saturated carbocycles. The maximum Gasteiger partial charge on any atom is 0.0533 e. The average molecular weight is 296 g/mol. The molecule has 0 radical (unpaired) electrons. The van der Waals surface area contributed by atoms with Crippen LogP contribution in [-0.2, 0) is 12.8 Å². The van der Waals surface area contributed by atoms with E-state index in [9.17, 15) is 0 Å². The molecule has 0 aliphatic carbocycles. The van der Waals surface area contributed by atoms with E-state index in [-0.39, 0.29) is 11.3 Å². The van der Waals surface area contributed by atoms with Crippen molar-refractivity contribution in [1.82, 2.24) is 9.78 Å². The molecule has 0 amide bonds. The van der Waals surface area contributed by atoms with E-state index in [1.807, 2.05) is 44.6 Å². The molecule has 102 valence electrons. The van der Waals surface area contributed by atoms with Gasteiger partial charge in [-0.25, -0.2) is 0 Å². The second kappa shape index (κ2) is 6.46. The highest BCUT2D eigenvalue weighted by Gasteiger charge is 2.18. The number of nitrogens with zero attached hydrogens (tertiary/aromatic N) is 2. The topological polar surface area (TPSA) is 43.8 Å². The molecule has 2 atom stereocenters. The van der Waals surface area contributed by atoms with Crippen LogP contribution in [0.25, 0.3) is 0 Å². The van der Waals surface area contributed by atoms with Crippen molar-refractivity contribution in [3.63, 3.8) is 0 Å². The number of aromatic nitrogens is 2. The van der Waals surface area contributed by atoms with Crippen LogP contribution in [0.4, 0.5) is 0 Å². The molecule has 2 N–H and O–H groups in total. The van der Waals surface area contributed by atoms with Gasteiger partial charge >= 0.3 is 0 Å². The molecule has 2 unspecified atom stereocenters. The highest BCUT2D eigenvalue weighted by molar-refractivity contribution is 7.98. The molecule has 2 aromatic rings. The molecule has 1 aromatic carbocycles. The maximum atomic E-state index is 6.18. The number of hydrogen-bond donors (Lipinski definition) is 1. The molecular formula is C14H18ClN3S. The van der Waals surface area contributed by atoms with Gasteiger partial charge in [0.1, 0.15) is 0 Å². The molecule has 1 heterocycles. The van der Waals surface area contributed by atoms with Crippen molar-refractivity contribution in [3.8, 4) is 0 Å². The number of halogens is 1. The van der Waals surface area contributed by atoms with Crippen molar-refractivity contribution in [2.24, 2.45) is 12.8 Å². The molecule has 1 aromatic heterocycles. The highest BCUT2D eigenvalue weighted by atomic mass is 35.5. The summed E-state index contributed by atoms with van der Waals surface area (Å²) in [7, 11) is 1.92. The Kier molecular flexibility index (Phi) is 4.91. The minimum Gasteiger partial charge on any atom is -0.327 e. The monoisotopic (exact) mass is 295 g/mol. The summed E-state index contributed by atoms with van der Waals surface area (Å²) in [5.41, 5.74) is 8.39. The van der Waals surface area contributed by atoms with Crippen molar-refractivity contribution in [1.29, 1.82) is 0 Å². The predicted molar refractivity (Wildman–Crippen MR) is 82.3 cm³/mol. The smallest absolute Gasteiger partial charge is 0.0533 e. The summed E-state index contributed by atoms with van der Waals surface area (Å²) in [6.45, 7) is 2.03. The van der Waals surface area contributed by atoms with Crippen LogP contribution in [0.1, 0.15) is 23.3 Å². The summed E-state index contributed by atoms with van der Waals surface area (Å²) in [5.74, 6) is 0.848. The number of benzene rings is 1. The third kappa shape index (κ3) is 3.75. The third-order valence-corrected chi connectivity index (χ3v) is 4.81. The van der Waals surface area contributed by atoms with Gasteiger partial charge in [0, 0.05) is 40.9 Å². The zero-order valence-electron chi connectivity index (χ0n) is 11.1. The van der Waals surface area contributed by atoms with E-state index in [0.717, 1.165) is 21.9 Å². The van der Waals surface area contributed by atoms with Gasteiger partial charge in [0.25, 0.3) is 0 Å². The molecule has 2 rings (SSSR count). The molecule has 19 heavy (non-hydrogen) atoms. The van der Waals surface area contributed by atoms with Gasteiger partial charge < -0.3 is 5.73 Å². The Balaban J connectivity index is 2.08. The van der Waals surface area contributed by atoms with Gasteiger partial charge in [-0.15, -0.1) is 11.8 Å². The number of rotatable bonds is 5. The first-order chi connectivity index (χ1) is 9.08. The minimum absolute atomic E-state index is 0.0664. The Labute approximate surface area is 123 Å². The van der Waals surface area contributed by atoms with Crippen molar-refractivity contribution >= 4 is 23.4 Å². The predicted octanol–water partition coefficient (Wildman–Crippen LogP) is 3.40. The maximum absolute atomic E-state index is 6.18. The van der Waals surface area contributed by atoms with Crippen LogP contribution in [0.2, 0.25) is 5.02 Å².